The quantitative estimate of drug-likeness (QED) is 0.516. The Bertz CT molecular complexity index is 447. The smallest absolute Gasteiger partial charge is 1.00 e. The molecule has 0 bridgehead atoms. The van der Waals surface area contributed by atoms with Crippen molar-refractivity contribution >= 4 is 21.5 Å². The first-order chi connectivity index (χ1) is 7.04. The van der Waals surface area contributed by atoms with Gasteiger partial charge in [0.25, 0.3) is 10.1 Å². The average Bonchev–Trinajstić information content (AvgIpc) is 2.60. The summed E-state index contributed by atoms with van der Waals surface area (Å²) >= 11 is 1.46. The molecule has 1 aliphatic rings. The van der Waals surface area contributed by atoms with Crippen molar-refractivity contribution in [2.24, 2.45) is 0 Å². The van der Waals surface area contributed by atoms with Gasteiger partial charge in [-0.3, -0.25) is 4.55 Å². The summed E-state index contributed by atoms with van der Waals surface area (Å²) in [6, 6.07) is 0. The van der Waals surface area contributed by atoms with E-state index >= 15 is 0 Å². The van der Waals surface area contributed by atoms with Crippen LogP contribution in [0.25, 0.3) is 0 Å². The molecule has 86 valence electrons. The average molecular weight is 258 g/mol. The SMILES string of the molecule is O=S(=O)(O)CCC1COc2cscc2O1.[H-].[Li+]. The first kappa shape index (κ1) is 13.9. The summed E-state index contributed by atoms with van der Waals surface area (Å²) in [5.41, 5.74) is 0. The predicted molar refractivity (Wildman–Crippen MR) is 56.4 cm³/mol. The minimum atomic E-state index is -3.92. The van der Waals surface area contributed by atoms with Gasteiger partial charge < -0.3 is 10.9 Å². The van der Waals surface area contributed by atoms with E-state index in [0.29, 0.717) is 18.1 Å². The first-order valence-corrected chi connectivity index (χ1v) is 6.90. The Morgan fingerprint density at radius 3 is 2.88 bits per heavy atom. The van der Waals surface area contributed by atoms with E-state index in [9.17, 15) is 8.42 Å². The summed E-state index contributed by atoms with van der Waals surface area (Å²) in [6.07, 6.45) is -0.0808. The van der Waals surface area contributed by atoms with Crippen molar-refractivity contribution in [3.8, 4) is 11.5 Å². The van der Waals surface area contributed by atoms with Gasteiger partial charge in [0.2, 0.25) is 0 Å². The van der Waals surface area contributed by atoms with E-state index in [-0.39, 0.29) is 38.6 Å². The number of ether oxygens (including phenoxy) is 2. The van der Waals surface area contributed by atoms with Crippen molar-refractivity contribution in [1.82, 2.24) is 0 Å². The second-order valence-corrected chi connectivity index (χ2v) is 5.54. The van der Waals surface area contributed by atoms with Crippen molar-refractivity contribution in [2.45, 2.75) is 12.5 Å². The van der Waals surface area contributed by atoms with Gasteiger partial charge in [-0.15, -0.1) is 11.3 Å². The monoisotopic (exact) mass is 258 g/mol. The van der Waals surface area contributed by atoms with E-state index in [0.717, 1.165) is 0 Å². The summed E-state index contributed by atoms with van der Waals surface area (Å²) in [4.78, 5) is 0. The molecule has 16 heavy (non-hydrogen) atoms. The Kier molecular flexibility index (Phi) is 4.70. The van der Waals surface area contributed by atoms with Crippen LogP contribution in [0.2, 0.25) is 0 Å². The molecule has 0 aliphatic carbocycles. The zero-order valence-corrected chi connectivity index (χ0v) is 10.4. The van der Waals surface area contributed by atoms with Gasteiger partial charge in [-0.1, -0.05) is 0 Å². The van der Waals surface area contributed by atoms with Gasteiger partial charge >= 0.3 is 18.9 Å². The number of thiophene rings is 1. The second-order valence-electron chi connectivity index (χ2n) is 3.23. The van der Waals surface area contributed by atoms with Crippen LogP contribution in [-0.2, 0) is 10.1 Å². The maximum atomic E-state index is 10.5. The molecule has 0 amide bonds. The zero-order chi connectivity index (χ0) is 10.9. The normalized spacial score (nSPS) is 18.9. The molecule has 0 saturated carbocycles. The van der Waals surface area contributed by atoms with Crippen molar-refractivity contribution in [2.75, 3.05) is 12.4 Å². The summed E-state index contributed by atoms with van der Waals surface area (Å²) in [5, 5.41) is 3.63. The molecule has 0 spiro atoms. The fraction of sp³-hybridized carbons (Fsp3) is 0.500. The molecule has 5 nitrogen and oxygen atoms in total. The summed E-state index contributed by atoms with van der Waals surface area (Å²) in [5.74, 6) is 1.04. The third-order valence-electron chi connectivity index (χ3n) is 2.01. The standard InChI is InChI=1S/C8H10O5S2.Li.H/c9-15(10,11)2-1-6-3-12-7-4-14-5-8(7)13-6;;/h4-6H,1-3H2,(H,9,10,11);;/q;+1;-1. The molecule has 2 rings (SSSR count). The van der Waals surface area contributed by atoms with Crippen molar-refractivity contribution in [3.63, 3.8) is 0 Å². The summed E-state index contributed by atoms with van der Waals surface area (Å²) in [6.45, 7) is 0.319. The van der Waals surface area contributed by atoms with E-state index < -0.39 is 10.1 Å². The van der Waals surface area contributed by atoms with Crippen LogP contribution in [0, 0.1) is 0 Å². The largest absolute Gasteiger partial charge is 1.00 e. The van der Waals surface area contributed by atoms with E-state index in [1.54, 1.807) is 5.38 Å². The van der Waals surface area contributed by atoms with Gasteiger partial charge in [0.05, 0.1) is 5.75 Å². The molecule has 0 saturated heterocycles. The minimum Gasteiger partial charge on any atom is -1.00 e. The van der Waals surface area contributed by atoms with E-state index in [4.69, 9.17) is 14.0 Å². The van der Waals surface area contributed by atoms with Crippen LogP contribution in [0.15, 0.2) is 10.8 Å². The van der Waals surface area contributed by atoms with E-state index in [1.165, 1.54) is 11.3 Å². The van der Waals surface area contributed by atoms with Crippen LogP contribution >= 0.6 is 11.3 Å². The van der Waals surface area contributed by atoms with Crippen LogP contribution in [0.5, 0.6) is 11.5 Å². The number of fused-ring (bicyclic) bond motifs is 1. The molecule has 1 unspecified atom stereocenters. The van der Waals surface area contributed by atoms with Crippen molar-refractivity contribution in [1.29, 1.82) is 0 Å². The molecule has 2 heterocycles. The molecular weight excluding hydrogens is 247 g/mol. The topological polar surface area (TPSA) is 72.8 Å². The Balaban J connectivity index is 0.00000128. The molecule has 1 aliphatic heterocycles. The fourth-order valence-corrected chi connectivity index (χ4v) is 2.52. The Morgan fingerprint density at radius 1 is 1.50 bits per heavy atom. The molecular formula is C8H11LiO5S2. The van der Waals surface area contributed by atoms with Gasteiger partial charge in [0.15, 0.2) is 11.5 Å². The van der Waals surface area contributed by atoms with Gasteiger partial charge in [0.1, 0.15) is 12.7 Å². The Labute approximate surface area is 111 Å². The molecule has 1 N–H and O–H groups in total. The van der Waals surface area contributed by atoms with Crippen LogP contribution in [0.1, 0.15) is 7.85 Å². The van der Waals surface area contributed by atoms with E-state index in [1.807, 2.05) is 5.38 Å². The number of hydrogen-bond acceptors (Lipinski definition) is 5. The molecule has 0 radical (unpaired) electrons. The van der Waals surface area contributed by atoms with Gasteiger partial charge in [-0.25, -0.2) is 0 Å². The fourth-order valence-electron chi connectivity index (χ4n) is 1.28. The van der Waals surface area contributed by atoms with Crippen molar-refractivity contribution < 1.29 is 42.7 Å². The maximum Gasteiger partial charge on any atom is 1.00 e. The summed E-state index contributed by atoms with van der Waals surface area (Å²) < 4.78 is 40.5. The molecule has 1 aromatic rings. The Hall–Kier alpha value is -0.193. The van der Waals surface area contributed by atoms with Gasteiger partial charge in [-0.2, -0.15) is 8.42 Å². The Morgan fingerprint density at radius 2 is 2.19 bits per heavy atom. The van der Waals surface area contributed by atoms with Gasteiger partial charge in [-0.05, 0) is 0 Å². The molecule has 0 aromatic carbocycles. The molecule has 0 fully saturated rings. The van der Waals surface area contributed by atoms with Crippen LogP contribution in [0.4, 0.5) is 0 Å². The van der Waals surface area contributed by atoms with Crippen LogP contribution < -0.4 is 28.3 Å². The van der Waals surface area contributed by atoms with Crippen molar-refractivity contribution in [3.05, 3.63) is 10.8 Å². The predicted octanol–water partition coefficient (Wildman–Crippen LogP) is -1.72. The minimum absolute atomic E-state index is 0. The number of hydrogen-bond donors (Lipinski definition) is 1. The van der Waals surface area contributed by atoms with Crippen LogP contribution in [-0.4, -0.2) is 31.4 Å². The third-order valence-corrected chi connectivity index (χ3v) is 3.46. The zero-order valence-electron chi connectivity index (χ0n) is 9.75. The molecule has 1 aromatic heterocycles. The maximum absolute atomic E-state index is 10.5. The number of rotatable bonds is 3. The molecule has 1 atom stereocenters. The van der Waals surface area contributed by atoms with E-state index in [2.05, 4.69) is 0 Å². The van der Waals surface area contributed by atoms with Crippen LogP contribution in [0.3, 0.4) is 0 Å². The summed E-state index contributed by atoms with van der Waals surface area (Å²) in [7, 11) is -3.92. The molecule has 8 heteroatoms. The first-order valence-electron chi connectivity index (χ1n) is 4.35. The second kappa shape index (κ2) is 5.43. The third kappa shape index (κ3) is 3.68. The van der Waals surface area contributed by atoms with Gasteiger partial charge in [0, 0.05) is 17.2 Å².